The molecular weight excluding hydrogens is 329 g/mol. The van der Waals surface area contributed by atoms with Crippen LogP contribution in [0.4, 0.5) is 4.39 Å². The molecule has 24 heavy (non-hydrogen) atoms. The van der Waals surface area contributed by atoms with Gasteiger partial charge in [-0.25, -0.2) is 4.39 Å². The topological polar surface area (TPSA) is 29.5 Å². The summed E-state index contributed by atoms with van der Waals surface area (Å²) in [5.74, 6) is -1.29. The van der Waals surface area contributed by atoms with Crippen molar-refractivity contribution in [2.24, 2.45) is 5.92 Å². The summed E-state index contributed by atoms with van der Waals surface area (Å²) in [5, 5.41) is 0.352. The van der Waals surface area contributed by atoms with Crippen molar-refractivity contribution in [2.75, 3.05) is 20.2 Å². The Kier molecular flexibility index (Phi) is 5.17. The molecule has 3 nitrogen and oxygen atoms in total. The summed E-state index contributed by atoms with van der Waals surface area (Å²) in [4.78, 5) is 14.3. The van der Waals surface area contributed by atoms with Crippen LogP contribution in [-0.4, -0.2) is 31.1 Å². The molecule has 0 aliphatic carbocycles. The van der Waals surface area contributed by atoms with Crippen molar-refractivity contribution in [3.05, 3.63) is 70.5 Å². The highest BCUT2D eigenvalue weighted by atomic mass is 35.5. The third-order valence-corrected chi connectivity index (χ3v) is 4.75. The van der Waals surface area contributed by atoms with E-state index >= 15 is 0 Å². The first-order valence-corrected chi connectivity index (χ1v) is 8.25. The van der Waals surface area contributed by atoms with E-state index in [0.29, 0.717) is 23.7 Å². The average molecular weight is 348 g/mol. The lowest BCUT2D eigenvalue weighted by Gasteiger charge is -2.17. The fourth-order valence-corrected chi connectivity index (χ4v) is 3.52. The second kappa shape index (κ2) is 7.32. The number of likely N-dealkylation sites (tertiary alicyclic amines) is 1. The van der Waals surface area contributed by atoms with E-state index in [9.17, 15) is 9.18 Å². The molecule has 1 aliphatic heterocycles. The van der Waals surface area contributed by atoms with Gasteiger partial charge in [0.15, 0.2) is 0 Å². The van der Waals surface area contributed by atoms with Crippen LogP contribution in [0.2, 0.25) is 5.02 Å². The fraction of sp³-hybridized carbons (Fsp3) is 0.316. The van der Waals surface area contributed by atoms with Gasteiger partial charge >= 0.3 is 5.97 Å². The van der Waals surface area contributed by atoms with Crippen molar-refractivity contribution in [3.63, 3.8) is 0 Å². The SMILES string of the molecule is COC(=O)C1CN(Cc2ccccc2)C[C@H]1c1ccc(Cl)cc1F. The predicted octanol–water partition coefficient (Wildman–Crippen LogP) is 3.87. The molecule has 0 amide bonds. The Hall–Kier alpha value is -1.91. The molecule has 1 aliphatic rings. The molecule has 0 bridgehead atoms. The van der Waals surface area contributed by atoms with Crippen LogP contribution in [0.3, 0.4) is 0 Å². The largest absolute Gasteiger partial charge is 0.469 e. The van der Waals surface area contributed by atoms with Gasteiger partial charge in [-0.15, -0.1) is 0 Å². The second-order valence-electron chi connectivity index (χ2n) is 6.08. The van der Waals surface area contributed by atoms with E-state index in [1.54, 1.807) is 12.1 Å². The van der Waals surface area contributed by atoms with Crippen LogP contribution in [-0.2, 0) is 16.1 Å². The van der Waals surface area contributed by atoms with Crippen molar-refractivity contribution in [2.45, 2.75) is 12.5 Å². The molecule has 0 spiro atoms. The number of carbonyl (C=O) groups is 1. The molecule has 3 rings (SSSR count). The Morgan fingerprint density at radius 2 is 2.00 bits per heavy atom. The van der Waals surface area contributed by atoms with Crippen LogP contribution in [0.1, 0.15) is 17.0 Å². The maximum absolute atomic E-state index is 14.3. The minimum absolute atomic E-state index is 0.238. The molecule has 2 aromatic carbocycles. The number of methoxy groups -OCH3 is 1. The second-order valence-corrected chi connectivity index (χ2v) is 6.52. The number of hydrogen-bond acceptors (Lipinski definition) is 3. The van der Waals surface area contributed by atoms with Crippen LogP contribution in [0.25, 0.3) is 0 Å². The van der Waals surface area contributed by atoms with Gasteiger partial charge in [-0.1, -0.05) is 48.0 Å². The van der Waals surface area contributed by atoms with Gasteiger partial charge in [0.05, 0.1) is 13.0 Å². The molecule has 0 aromatic heterocycles. The predicted molar refractivity (Wildman–Crippen MR) is 91.4 cm³/mol. The van der Waals surface area contributed by atoms with E-state index in [1.165, 1.54) is 18.7 Å². The quantitative estimate of drug-likeness (QED) is 0.786. The highest BCUT2D eigenvalue weighted by Crippen LogP contribution is 2.36. The van der Waals surface area contributed by atoms with Gasteiger partial charge in [0, 0.05) is 30.6 Å². The summed E-state index contributed by atoms with van der Waals surface area (Å²) < 4.78 is 19.3. The molecule has 1 heterocycles. The number of rotatable bonds is 4. The molecule has 1 saturated heterocycles. The lowest BCUT2D eigenvalue weighted by atomic mass is 9.88. The van der Waals surface area contributed by atoms with Gasteiger partial charge in [-0.3, -0.25) is 9.69 Å². The number of carbonyl (C=O) groups excluding carboxylic acids is 1. The van der Waals surface area contributed by atoms with Crippen LogP contribution < -0.4 is 0 Å². The fourth-order valence-electron chi connectivity index (χ4n) is 3.36. The number of ether oxygens (including phenoxy) is 1. The number of esters is 1. The Balaban J connectivity index is 1.84. The molecule has 0 saturated carbocycles. The Bertz CT molecular complexity index is 723. The van der Waals surface area contributed by atoms with Gasteiger partial charge in [0.25, 0.3) is 0 Å². The zero-order chi connectivity index (χ0) is 17.1. The standard InChI is InChI=1S/C19H19ClFNO2/c1-24-19(23)17-12-22(10-13-5-3-2-4-6-13)11-16(17)15-8-7-14(20)9-18(15)21/h2-9,16-17H,10-12H2,1H3/t16-,17?/m0/s1. The average Bonchev–Trinajstić information content (AvgIpc) is 2.98. The van der Waals surface area contributed by atoms with Gasteiger partial charge in [-0.05, 0) is 23.3 Å². The zero-order valence-corrected chi connectivity index (χ0v) is 14.2. The maximum Gasteiger partial charge on any atom is 0.310 e. The van der Waals surface area contributed by atoms with Gasteiger partial charge in [0.2, 0.25) is 0 Å². The van der Waals surface area contributed by atoms with E-state index in [4.69, 9.17) is 16.3 Å². The lowest BCUT2D eigenvalue weighted by molar-refractivity contribution is -0.145. The minimum atomic E-state index is -0.380. The van der Waals surface area contributed by atoms with Crippen LogP contribution in [0, 0.1) is 11.7 Å². The summed E-state index contributed by atoms with van der Waals surface area (Å²) in [6.45, 7) is 1.88. The van der Waals surface area contributed by atoms with Crippen molar-refractivity contribution >= 4 is 17.6 Å². The lowest BCUT2D eigenvalue weighted by Crippen LogP contribution is -2.24. The van der Waals surface area contributed by atoms with E-state index in [2.05, 4.69) is 4.90 Å². The molecule has 5 heteroatoms. The molecular formula is C19H19ClFNO2. The van der Waals surface area contributed by atoms with Gasteiger partial charge in [-0.2, -0.15) is 0 Å². The Morgan fingerprint density at radius 1 is 1.25 bits per heavy atom. The molecule has 2 atom stereocenters. The first-order valence-electron chi connectivity index (χ1n) is 7.87. The highest BCUT2D eigenvalue weighted by Gasteiger charge is 2.40. The third kappa shape index (κ3) is 3.60. The molecule has 126 valence electrons. The van der Waals surface area contributed by atoms with Crippen molar-refractivity contribution < 1.29 is 13.9 Å². The third-order valence-electron chi connectivity index (χ3n) is 4.51. The summed E-state index contributed by atoms with van der Waals surface area (Å²) >= 11 is 5.84. The monoisotopic (exact) mass is 347 g/mol. The number of halogens is 2. The first-order chi connectivity index (χ1) is 11.6. The number of benzene rings is 2. The van der Waals surface area contributed by atoms with Crippen molar-refractivity contribution in [1.29, 1.82) is 0 Å². The van der Waals surface area contributed by atoms with Gasteiger partial charge < -0.3 is 4.74 Å². The summed E-state index contributed by atoms with van der Waals surface area (Å²) in [5.41, 5.74) is 1.68. The normalized spacial score (nSPS) is 21.0. The smallest absolute Gasteiger partial charge is 0.310 e. The van der Waals surface area contributed by atoms with Crippen LogP contribution in [0.15, 0.2) is 48.5 Å². The molecule has 2 aromatic rings. The summed E-state index contributed by atoms with van der Waals surface area (Å²) in [7, 11) is 1.37. The maximum atomic E-state index is 14.3. The highest BCUT2D eigenvalue weighted by molar-refractivity contribution is 6.30. The summed E-state index contributed by atoms with van der Waals surface area (Å²) in [6.07, 6.45) is 0. The van der Waals surface area contributed by atoms with E-state index < -0.39 is 0 Å². The van der Waals surface area contributed by atoms with Crippen LogP contribution >= 0.6 is 11.6 Å². The minimum Gasteiger partial charge on any atom is -0.469 e. The van der Waals surface area contributed by atoms with E-state index in [-0.39, 0.29) is 23.6 Å². The van der Waals surface area contributed by atoms with Crippen LogP contribution in [0.5, 0.6) is 0 Å². The zero-order valence-electron chi connectivity index (χ0n) is 13.4. The number of hydrogen-bond donors (Lipinski definition) is 0. The molecule has 0 radical (unpaired) electrons. The van der Waals surface area contributed by atoms with E-state index in [0.717, 1.165) is 6.54 Å². The Labute approximate surface area is 146 Å². The number of nitrogens with zero attached hydrogens (tertiary/aromatic N) is 1. The Morgan fingerprint density at radius 3 is 2.67 bits per heavy atom. The van der Waals surface area contributed by atoms with E-state index in [1.807, 2.05) is 30.3 Å². The molecule has 1 fully saturated rings. The van der Waals surface area contributed by atoms with Crippen molar-refractivity contribution in [3.8, 4) is 0 Å². The molecule has 1 unspecified atom stereocenters. The van der Waals surface area contributed by atoms with Crippen molar-refractivity contribution in [1.82, 2.24) is 4.90 Å². The van der Waals surface area contributed by atoms with Gasteiger partial charge in [0.1, 0.15) is 5.82 Å². The first kappa shape index (κ1) is 16.9. The molecule has 0 N–H and O–H groups in total. The summed E-state index contributed by atoms with van der Waals surface area (Å²) in [6, 6.07) is 14.7.